The van der Waals surface area contributed by atoms with Crippen molar-refractivity contribution in [2.24, 2.45) is 0 Å². The first-order valence-corrected chi connectivity index (χ1v) is 20.6. The lowest BCUT2D eigenvalue weighted by molar-refractivity contribution is 0.293. The fourth-order valence-corrected chi connectivity index (χ4v) is 5.97. The van der Waals surface area contributed by atoms with Crippen molar-refractivity contribution in [1.82, 2.24) is 0 Å². The zero-order valence-electron chi connectivity index (χ0n) is 32.8. The molecule has 0 aliphatic heterocycles. The normalized spacial score (nSPS) is 10.9. The van der Waals surface area contributed by atoms with Crippen LogP contribution in [0.5, 0.6) is 17.2 Å². The summed E-state index contributed by atoms with van der Waals surface area (Å²) in [5.74, 6) is 3.05. The Morgan fingerprint density at radius 2 is 0.646 bits per heavy atom. The lowest BCUT2D eigenvalue weighted by Gasteiger charge is -2.14. The highest BCUT2D eigenvalue weighted by atomic mass is 16.5. The Morgan fingerprint density at radius 3 is 0.979 bits per heavy atom. The van der Waals surface area contributed by atoms with E-state index in [1.54, 1.807) is 0 Å². The number of unbranched alkanes of at least 4 members (excludes halogenated alkanes) is 21. The zero-order valence-corrected chi connectivity index (χ0v) is 32.8. The van der Waals surface area contributed by atoms with Crippen molar-refractivity contribution in [3.63, 3.8) is 0 Å². The lowest BCUT2D eigenvalue weighted by Crippen LogP contribution is -2.02. The summed E-state index contributed by atoms with van der Waals surface area (Å²) in [6, 6.07) is 12.6. The van der Waals surface area contributed by atoms with Crippen molar-refractivity contribution in [3.05, 3.63) is 53.1 Å². The van der Waals surface area contributed by atoms with E-state index in [4.69, 9.17) is 14.2 Å². The third kappa shape index (κ3) is 24.9. The molecule has 48 heavy (non-hydrogen) atoms. The monoisotopic (exact) mass is 667 g/mol. The number of benzene rings is 2. The van der Waals surface area contributed by atoms with Gasteiger partial charge < -0.3 is 14.2 Å². The van der Waals surface area contributed by atoms with Crippen LogP contribution in [0.1, 0.15) is 192 Å². The maximum atomic E-state index is 6.06. The van der Waals surface area contributed by atoms with Crippen LogP contribution in [0, 0.1) is 20.8 Å². The molecule has 0 saturated heterocycles. The Labute approximate surface area is 299 Å². The molecular weight excluding hydrogens is 588 g/mol. The van der Waals surface area contributed by atoms with Crippen LogP contribution < -0.4 is 14.2 Å². The first-order chi connectivity index (χ1) is 23.5. The molecule has 0 saturated carbocycles. The third-order valence-electron chi connectivity index (χ3n) is 9.27. The Balaban J connectivity index is 0.000000544. The minimum atomic E-state index is 0.827. The summed E-state index contributed by atoms with van der Waals surface area (Å²) in [6.07, 6.45) is 32.2. The second-order valence-corrected chi connectivity index (χ2v) is 14.2. The van der Waals surface area contributed by atoms with Gasteiger partial charge >= 0.3 is 0 Å². The van der Waals surface area contributed by atoms with Gasteiger partial charge in [0.15, 0.2) is 0 Å². The van der Waals surface area contributed by atoms with Gasteiger partial charge in [0.25, 0.3) is 0 Å². The molecule has 0 radical (unpaired) electrons. The van der Waals surface area contributed by atoms with Gasteiger partial charge in [0.05, 0.1) is 19.8 Å². The van der Waals surface area contributed by atoms with Gasteiger partial charge in [0, 0.05) is 0 Å². The van der Waals surface area contributed by atoms with Gasteiger partial charge in [-0.3, -0.25) is 0 Å². The van der Waals surface area contributed by atoms with E-state index in [2.05, 4.69) is 77.9 Å². The fourth-order valence-electron chi connectivity index (χ4n) is 5.97. The first kappa shape index (κ1) is 43.9. The SMILES string of the molecule is CCCCCCCCCCOc1cc(C)c(OCCCCCCCCCC)cc1C.CCCCCCCCCCOc1ccc(C)cc1. The molecule has 2 aromatic carbocycles. The first-order valence-electron chi connectivity index (χ1n) is 20.6. The van der Waals surface area contributed by atoms with Crippen LogP contribution >= 0.6 is 0 Å². The molecule has 0 N–H and O–H groups in total. The molecule has 2 aromatic rings. The van der Waals surface area contributed by atoms with Gasteiger partial charge in [-0.25, -0.2) is 0 Å². The highest BCUT2D eigenvalue weighted by Crippen LogP contribution is 2.28. The van der Waals surface area contributed by atoms with Crippen molar-refractivity contribution in [3.8, 4) is 17.2 Å². The Hall–Kier alpha value is -2.16. The lowest BCUT2D eigenvalue weighted by atomic mass is 10.1. The second-order valence-electron chi connectivity index (χ2n) is 14.2. The van der Waals surface area contributed by atoms with Gasteiger partial charge in [0.1, 0.15) is 17.2 Å². The Bertz CT molecular complexity index is 919. The molecule has 0 bridgehead atoms. The molecule has 2 rings (SSSR count). The molecular formula is C45H78O3. The smallest absolute Gasteiger partial charge is 0.122 e. The molecule has 0 spiro atoms. The number of hydrogen-bond donors (Lipinski definition) is 0. The van der Waals surface area contributed by atoms with E-state index in [-0.39, 0.29) is 0 Å². The number of hydrogen-bond acceptors (Lipinski definition) is 3. The topological polar surface area (TPSA) is 27.7 Å². The van der Waals surface area contributed by atoms with Crippen LogP contribution in [0.25, 0.3) is 0 Å². The summed E-state index contributed by atoms with van der Waals surface area (Å²) in [7, 11) is 0. The van der Waals surface area contributed by atoms with Gasteiger partial charge in [0.2, 0.25) is 0 Å². The second kappa shape index (κ2) is 32.1. The summed E-state index contributed by atoms with van der Waals surface area (Å²) < 4.78 is 17.8. The van der Waals surface area contributed by atoms with E-state index in [0.717, 1.165) is 49.9 Å². The van der Waals surface area contributed by atoms with E-state index in [9.17, 15) is 0 Å². The van der Waals surface area contributed by atoms with Gasteiger partial charge in [-0.1, -0.05) is 173 Å². The molecule has 276 valence electrons. The van der Waals surface area contributed by atoms with Crippen LogP contribution in [0.15, 0.2) is 36.4 Å². The van der Waals surface area contributed by atoms with E-state index < -0.39 is 0 Å². The zero-order chi connectivity index (χ0) is 34.9. The molecule has 3 heteroatoms. The number of aryl methyl sites for hydroxylation is 3. The number of rotatable bonds is 30. The Kier molecular flexibility index (Phi) is 29.3. The van der Waals surface area contributed by atoms with Crippen molar-refractivity contribution in [1.29, 1.82) is 0 Å². The molecule has 0 aliphatic rings. The summed E-state index contributed by atoms with van der Waals surface area (Å²) >= 11 is 0. The largest absolute Gasteiger partial charge is 0.494 e. The molecule has 0 aliphatic carbocycles. The Morgan fingerprint density at radius 1 is 0.354 bits per heavy atom. The fraction of sp³-hybridized carbons (Fsp3) is 0.733. The van der Waals surface area contributed by atoms with Gasteiger partial charge in [-0.05, 0) is 75.4 Å². The highest BCUT2D eigenvalue weighted by Gasteiger charge is 2.07. The minimum absolute atomic E-state index is 0.827. The molecule has 0 amide bonds. The standard InChI is InChI=1S/C28H50O2.C17H28O/c1-5-7-9-11-13-15-17-19-21-29-27-23-26(4)28(24-25(27)3)30-22-20-18-16-14-12-10-8-6-2;1-3-4-5-6-7-8-9-10-15-18-17-13-11-16(2)12-14-17/h23-24H,5-22H2,1-4H3;11-14H,3-10,15H2,1-2H3. The molecule has 0 fully saturated rings. The molecule has 3 nitrogen and oxygen atoms in total. The molecule has 0 heterocycles. The van der Waals surface area contributed by atoms with Crippen molar-refractivity contribution >= 4 is 0 Å². The average Bonchev–Trinajstić information content (AvgIpc) is 3.09. The molecule has 0 unspecified atom stereocenters. The predicted molar refractivity (Wildman–Crippen MR) is 211 cm³/mol. The third-order valence-corrected chi connectivity index (χ3v) is 9.27. The van der Waals surface area contributed by atoms with E-state index in [0.29, 0.717) is 0 Å². The minimum Gasteiger partial charge on any atom is -0.494 e. The van der Waals surface area contributed by atoms with Crippen molar-refractivity contribution in [2.45, 2.75) is 196 Å². The van der Waals surface area contributed by atoms with Crippen molar-refractivity contribution < 1.29 is 14.2 Å². The summed E-state index contributed by atoms with van der Waals surface area (Å²) in [5, 5.41) is 0. The van der Waals surface area contributed by atoms with E-state index >= 15 is 0 Å². The summed E-state index contributed by atoms with van der Waals surface area (Å²) in [6.45, 7) is 15.7. The van der Waals surface area contributed by atoms with Crippen LogP contribution in [0.4, 0.5) is 0 Å². The summed E-state index contributed by atoms with van der Waals surface area (Å²) in [5.41, 5.74) is 3.66. The maximum absolute atomic E-state index is 6.06. The van der Waals surface area contributed by atoms with Crippen LogP contribution in [-0.2, 0) is 0 Å². The molecule has 0 aromatic heterocycles. The predicted octanol–water partition coefficient (Wildman–Crippen LogP) is 14.9. The van der Waals surface area contributed by atoms with E-state index in [1.807, 2.05) is 0 Å². The quantitative estimate of drug-likeness (QED) is 0.0777. The van der Waals surface area contributed by atoms with E-state index in [1.165, 1.54) is 158 Å². The van der Waals surface area contributed by atoms with Crippen molar-refractivity contribution in [2.75, 3.05) is 19.8 Å². The van der Waals surface area contributed by atoms with Gasteiger partial charge in [-0.2, -0.15) is 0 Å². The summed E-state index contributed by atoms with van der Waals surface area (Å²) in [4.78, 5) is 0. The van der Waals surface area contributed by atoms with Crippen LogP contribution in [-0.4, -0.2) is 19.8 Å². The maximum Gasteiger partial charge on any atom is 0.122 e. The van der Waals surface area contributed by atoms with Crippen LogP contribution in [0.3, 0.4) is 0 Å². The van der Waals surface area contributed by atoms with Crippen LogP contribution in [0.2, 0.25) is 0 Å². The molecule has 0 atom stereocenters. The number of ether oxygens (including phenoxy) is 3. The highest BCUT2D eigenvalue weighted by molar-refractivity contribution is 5.45. The van der Waals surface area contributed by atoms with Gasteiger partial charge in [-0.15, -0.1) is 0 Å². The average molecular weight is 667 g/mol.